The van der Waals surface area contributed by atoms with Gasteiger partial charge in [-0.25, -0.2) is 0 Å². The Hall–Kier alpha value is -1.06. The van der Waals surface area contributed by atoms with Gasteiger partial charge in [-0.1, -0.05) is 32.0 Å². The lowest BCUT2D eigenvalue weighted by Gasteiger charge is -2.12. The summed E-state index contributed by atoms with van der Waals surface area (Å²) in [6.45, 7) is 4.94. The summed E-state index contributed by atoms with van der Waals surface area (Å²) in [5.41, 5.74) is 7.94. The zero-order chi connectivity index (χ0) is 11.5. The van der Waals surface area contributed by atoms with Gasteiger partial charge < -0.3 is 5.73 Å². The Kier molecular flexibility index (Phi) is 3.46. The number of thioether (sulfide) groups is 1. The molecule has 1 aromatic carbocycles. The van der Waals surface area contributed by atoms with E-state index in [1.54, 1.807) is 0 Å². The molecule has 2 aromatic rings. The summed E-state index contributed by atoms with van der Waals surface area (Å²) < 4.78 is 0. The lowest BCUT2D eigenvalue weighted by molar-refractivity contribution is 1.01. The van der Waals surface area contributed by atoms with Crippen molar-refractivity contribution in [1.82, 2.24) is 4.98 Å². The summed E-state index contributed by atoms with van der Waals surface area (Å²) in [6, 6.07) is 8.22. The smallest absolute Gasteiger partial charge is 0.0713 e. The van der Waals surface area contributed by atoms with Crippen LogP contribution in [-0.2, 0) is 6.54 Å². The number of rotatable bonds is 3. The topological polar surface area (TPSA) is 38.9 Å². The second-order valence-electron chi connectivity index (χ2n) is 4.00. The van der Waals surface area contributed by atoms with Gasteiger partial charge in [-0.05, 0) is 11.6 Å². The van der Waals surface area contributed by atoms with Crippen molar-refractivity contribution in [2.45, 2.75) is 30.5 Å². The Balaban J connectivity index is 2.63. The van der Waals surface area contributed by atoms with Gasteiger partial charge in [0, 0.05) is 28.3 Å². The number of nitrogens with two attached hydrogens (primary N) is 1. The molecule has 0 unspecified atom stereocenters. The molecule has 0 aliphatic rings. The Bertz CT molecular complexity index is 494. The molecule has 2 nitrogen and oxygen atoms in total. The first kappa shape index (κ1) is 11.4. The minimum atomic E-state index is 0.548. The quantitative estimate of drug-likeness (QED) is 0.826. The molecule has 0 fully saturated rings. The molecule has 0 saturated heterocycles. The van der Waals surface area contributed by atoms with Crippen LogP contribution >= 0.6 is 11.8 Å². The Morgan fingerprint density at radius 3 is 2.75 bits per heavy atom. The van der Waals surface area contributed by atoms with Crippen molar-refractivity contribution in [2.24, 2.45) is 5.73 Å². The van der Waals surface area contributed by atoms with Crippen LogP contribution < -0.4 is 5.73 Å². The fourth-order valence-electron chi connectivity index (χ4n) is 1.68. The van der Waals surface area contributed by atoms with Crippen LogP contribution in [0.3, 0.4) is 0 Å². The molecule has 84 valence electrons. The lowest BCUT2D eigenvalue weighted by atomic mass is 10.1. The average Bonchev–Trinajstić information content (AvgIpc) is 2.29. The molecule has 0 bridgehead atoms. The van der Waals surface area contributed by atoms with Crippen molar-refractivity contribution in [3.63, 3.8) is 0 Å². The van der Waals surface area contributed by atoms with Crippen LogP contribution in [0.25, 0.3) is 10.9 Å². The van der Waals surface area contributed by atoms with Gasteiger partial charge in [0.1, 0.15) is 0 Å². The first-order valence-corrected chi connectivity index (χ1v) is 6.33. The van der Waals surface area contributed by atoms with Gasteiger partial charge in [0.2, 0.25) is 0 Å². The van der Waals surface area contributed by atoms with Gasteiger partial charge >= 0.3 is 0 Å². The number of pyridine rings is 1. The molecule has 2 N–H and O–H groups in total. The third kappa shape index (κ3) is 2.20. The Morgan fingerprint density at radius 2 is 2.06 bits per heavy atom. The average molecular weight is 232 g/mol. The molecule has 3 heteroatoms. The molecule has 0 amide bonds. The van der Waals surface area contributed by atoms with E-state index in [4.69, 9.17) is 5.73 Å². The van der Waals surface area contributed by atoms with E-state index in [0.29, 0.717) is 11.8 Å². The molecular formula is C13H16N2S. The summed E-state index contributed by atoms with van der Waals surface area (Å²) in [4.78, 5) is 5.71. The number of nitrogens with zero attached hydrogens (tertiary/aromatic N) is 1. The number of fused-ring (bicyclic) bond motifs is 1. The van der Waals surface area contributed by atoms with Crippen LogP contribution in [0.1, 0.15) is 19.4 Å². The van der Waals surface area contributed by atoms with Crippen LogP contribution in [0.5, 0.6) is 0 Å². The zero-order valence-corrected chi connectivity index (χ0v) is 10.4. The van der Waals surface area contributed by atoms with E-state index >= 15 is 0 Å². The number of para-hydroxylation sites is 1. The minimum Gasteiger partial charge on any atom is -0.326 e. The van der Waals surface area contributed by atoms with Gasteiger partial charge in [0.15, 0.2) is 0 Å². The molecule has 2 rings (SSSR count). The maximum absolute atomic E-state index is 5.76. The number of hydrogen-bond donors (Lipinski definition) is 1. The maximum Gasteiger partial charge on any atom is 0.0713 e. The predicted molar refractivity (Wildman–Crippen MR) is 70.6 cm³/mol. The number of aromatic nitrogens is 1. The van der Waals surface area contributed by atoms with Gasteiger partial charge in [0.05, 0.1) is 5.52 Å². The van der Waals surface area contributed by atoms with Crippen LogP contribution in [-0.4, -0.2) is 10.2 Å². The van der Waals surface area contributed by atoms with Crippen LogP contribution in [0.2, 0.25) is 0 Å². The van der Waals surface area contributed by atoms with Gasteiger partial charge in [-0.15, -0.1) is 11.8 Å². The van der Waals surface area contributed by atoms with Crippen LogP contribution in [0, 0.1) is 0 Å². The summed E-state index contributed by atoms with van der Waals surface area (Å²) in [5.74, 6) is 0. The molecule has 0 aliphatic heterocycles. The molecule has 1 aromatic heterocycles. The van der Waals surface area contributed by atoms with Crippen molar-refractivity contribution in [2.75, 3.05) is 0 Å². The third-order valence-corrected chi connectivity index (χ3v) is 3.56. The van der Waals surface area contributed by atoms with E-state index in [1.807, 2.05) is 30.1 Å². The van der Waals surface area contributed by atoms with E-state index in [-0.39, 0.29) is 0 Å². The molecule has 1 heterocycles. The van der Waals surface area contributed by atoms with E-state index in [0.717, 1.165) is 11.1 Å². The van der Waals surface area contributed by atoms with Crippen molar-refractivity contribution in [3.8, 4) is 0 Å². The fourth-order valence-corrected chi connectivity index (χ4v) is 2.74. The summed E-state index contributed by atoms with van der Waals surface area (Å²) in [6.07, 6.45) is 1.90. The highest BCUT2D eigenvalue weighted by molar-refractivity contribution is 8.00. The normalized spacial score (nSPS) is 11.2. The Labute approximate surface area is 100 Å². The first-order chi connectivity index (χ1) is 7.72. The second-order valence-corrected chi connectivity index (χ2v) is 5.59. The van der Waals surface area contributed by atoms with E-state index in [9.17, 15) is 0 Å². The van der Waals surface area contributed by atoms with Crippen molar-refractivity contribution < 1.29 is 0 Å². The summed E-state index contributed by atoms with van der Waals surface area (Å²) in [7, 11) is 0. The van der Waals surface area contributed by atoms with Gasteiger partial charge in [0.25, 0.3) is 0 Å². The maximum atomic E-state index is 5.76. The minimum absolute atomic E-state index is 0.548. The lowest BCUT2D eigenvalue weighted by Crippen LogP contribution is -2.01. The summed E-state index contributed by atoms with van der Waals surface area (Å²) in [5, 5.41) is 1.76. The second kappa shape index (κ2) is 4.85. The highest BCUT2D eigenvalue weighted by atomic mass is 32.2. The fraction of sp³-hybridized carbons (Fsp3) is 0.308. The van der Waals surface area contributed by atoms with Gasteiger partial charge in [-0.2, -0.15) is 0 Å². The molecule has 16 heavy (non-hydrogen) atoms. The zero-order valence-electron chi connectivity index (χ0n) is 9.60. The van der Waals surface area contributed by atoms with E-state index in [2.05, 4.69) is 31.0 Å². The molecule has 0 atom stereocenters. The van der Waals surface area contributed by atoms with E-state index < -0.39 is 0 Å². The molecule has 0 spiro atoms. The Morgan fingerprint density at radius 1 is 1.31 bits per heavy atom. The molecule has 0 radical (unpaired) electrons. The highest BCUT2D eigenvalue weighted by Gasteiger charge is 2.09. The molecular weight excluding hydrogens is 216 g/mol. The van der Waals surface area contributed by atoms with Crippen molar-refractivity contribution in [3.05, 3.63) is 36.0 Å². The van der Waals surface area contributed by atoms with Crippen molar-refractivity contribution >= 4 is 22.7 Å². The van der Waals surface area contributed by atoms with E-state index in [1.165, 1.54) is 10.3 Å². The number of hydrogen-bond acceptors (Lipinski definition) is 3. The molecule has 0 saturated carbocycles. The SMILES string of the molecule is CC(C)Sc1c(CN)cnc2ccccc12. The largest absolute Gasteiger partial charge is 0.326 e. The molecule has 0 aliphatic carbocycles. The standard InChI is InChI=1S/C13H16N2S/c1-9(2)16-13-10(7-14)8-15-12-6-4-3-5-11(12)13/h3-6,8-9H,7,14H2,1-2H3. The number of benzene rings is 1. The first-order valence-electron chi connectivity index (χ1n) is 5.45. The van der Waals surface area contributed by atoms with Gasteiger partial charge in [-0.3, -0.25) is 4.98 Å². The van der Waals surface area contributed by atoms with Crippen LogP contribution in [0.15, 0.2) is 35.4 Å². The summed E-state index contributed by atoms with van der Waals surface area (Å²) >= 11 is 1.86. The van der Waals surface area contributed by atoms with Crippen molar-refractivity contribution in [1.29, 1.82) is 0 Å². The monoisotopic (exact) mass is 232 g/mol. The third-order valence-electron chi connectivity index (χ3n) is 2.37. The highest BCUT2D eigenvalue weighted by Crippen LogP contribution is 2.32. The predicted octanol–water partition coefficient (Wildman–Crippen LogP) is 3.19. The van der Waals surface area contributed by atoms with Crippen LogP contribution in [0.4, 0.5) is 0 Å².